The van der Waals surface area contributed by atoms with Crippen LogP contribution in [0, 0.1) is 5.92 Å². The number of rotatable bonds is 2. The average molecular weight is 212 g/mol. The van der Waals surface area contributed by atoms with Gasteiger partial charge in [0.05, 0.1) is 5.92 Å². The first-order valence-corrected chi connectivity index (χ1v) is 5.77. The molecule has 1 aromatic rings. The maximum atomic E-state index is 10.8. The van der Waals surface area contributed by atoms with Crippen LogP contribution in [0.4, 0.5) is 0 Å². The highest BCUT2D eigenvalue weighted by molar-refractivity contribution is 7.98. The van der Waals surface area contributed by atoms with Crippen molar-refractivity contribution in [3.05, 3.63) is 11.3 Å². The molecular weight excluding hydrogens is 200 g/mol. The monoisotopic (exact) mass is 212 g/mol. The van der Waals surface area contributed by atoms with Gasteiger partial charge >= 0.3 is 5.97 Å². The van der Waals surface area contributed by atoms with Gasteiger partial charge in [0.2, 0.25) is 0 Å². The third-order valence-corrected chi connectivity index (χ3v) is 3.38. The minimum atomic E-state index is -0.691. The molecule has 1 heterocycles. The molecule has 2 rings (SSSR count). The van der Waals surface area contributed by atoms with Crippen molar-refractivity contribution in [3.8, 4) is 0 Å². The zero-order valence-electron chi connectivity index (χ0n) is 7.91. The smallest absolute Gasteiger partial charge is 0.306 e. The number of nitrogens with zero attached hydrogens (tertiary/aromatic N) is 1. The summed E-state index contributed by atoms with van der Waals surface area (Å²) in [6, 6.07) is 0. The Bertz CT molecular complexity index is 348. The Labute approximate surface area is 86.1 Å². The first kappa shape index (κ1) is 9.58. The van der Waals surface area contributed by atoms with Crippen LogP contribution >= 0.6 is 11.8 Å². The van der Waals surface area contributed by atoms with Crippen LogP contribution in [-0.4, -0.2) is 27.5 Å². The lowest BCUT2D eigenvalue weighted by atomic mass is 9.88. The van der Waals surface area contributed by atoms with Crippen LogP contribution in [-0.2, 0) is 17.6 Å². The number of aromatic amines is 1. The summed E-state index contributed by atoms with van der Waals surface area (Å²) in [7, 11) is 0. The summed E-state index contributed by atoms with van der Waals surface area (Å²) in [6.07, 6.45) is 4.11. The second kappa shape index (κ2) is 3.65. The van der Waals surface area contributed by atoms with Gasteiger partial charge in [-0.1, -0.05) is 0 Å². The number of aromatic nitrogens is 2. The highest BCUT2D eigenvalue weighted by Gasteiger charge is 2.27. The van der Waals surface area contributed by atoms with Crippen molar-refractivity contribution in [2.45, 2.75) is 24.3 Å². The normalized spacial score (nSPS) is 20.5. The molecule has 76 valence electrons. The van der Waals surface area contributed by atoms with Crippen molar-refractivity contribution >= 4 is 17.7 Å². The molecule has 0 radical (unpaired) electrons. The average Bonchev–Trinajstić information content (AvgIpc) is 2.59. The van der Waals surface area contributed by atoms with E-state index in [0.717, 1.165) is 29.1 Å². The van der Waals surface area contributed by atoms with Crippen molar-refractivity contribution in [1.82, 2.24) is 10.2 Å². The quantitative estimate of drug-likeness (QED) is 0.726. The lowest BCUT2D eigenvalue weighted by molar-refractivity contribution is -0.142. The first-order valence-electron chi connectivity index (χ1n) is 4.55. The van der Waals surface area contributed by atoms with Gasteiger partial charge in [-0.25, -0.2) is 0 Å². The van der Waals surface area contributed by atoms with Crippen molar-refractivity contribution in [2.75, 3.05) is 6.26 Å². The fourth-order valence-corrected chi connectivity index (χ4v) is 2.44. The molecule has 0 fully saturated rings. The van der Waals surface area contributed by atoms with Crippen molar-refractivity contribution < 1.29 is 9.90 Å². The fraction of sp³-hybridized carbons (Fsp3) is 0.556. The number of thioether (sulfide) groups is 1. The largest absolute Gasteiger partial charge is 0.481 e. The molecule has 0 bridgehead atoms. The van der Waals surface area contributed by atoms with Gasteiger partial charge in [0.1, 0.15) is 5.03 Å². The third-order valence-electron chi connectivity index (χ3n) is 2.65. The number of carboxylic acids is 1. The lowest BCUT2D eigenvalue weighted by Crippen LogP contribution is -2.21. The number of carbonyl (C=O) groups is 1. The number of nitrogens with one attached hydrogen (secondary N) is 1. The van der Waals surface area contributed by atoms with E-state index in [0.29, 0.717) is 6.42 Å². The summed E-state index contributed by atoms with van der Waals surface area (Å²) in [5.41, 5.74) is 2.23. The molecule has 1 aliphatic carbocycles. The van der Waals surface area contributed by atoms with E-state index < -0.39 is 5.97 Å². The zero-order valence-corrected chi connectivity index (χ0v) is 8.73. The van der Waals surface area contributed by atoms with E-state index in [2.05, 4.69) is 10.2 Å². The minimum absolute atomic E-state index is 0.231. The Kier molecular flexibility index (Phi) is 2.50. The molecule has 5 heteroatoms. The van der Waals surface area contributed by atoms with E-state index >= 15 is 0 Å². The van der Waals surface area contributed by atoms with E-state index in [9.17, 15) is 4.79 Å². The predicted molar refractivity (Wildman–Crippen MR) is 53.5 cm³/mol. The van der Waals surface area contributed by atoms with E-state index in [1.807, 2.05) is 6.26 Å². The Hall–Kier alpha value is -0.970. The molecule has 0 aliphatic heterocycles. The third kappa shape index (κ3) is 1.52. The van der Waals surface area contributed by atoms with E-state index in [1.54, 1.807) is 11.8 Å². The van der Waals surface area contributed by atoms with E-state index in [-0.39, 0.29) is 5.92 Å². The molecule has 2 N–H and O–H groups in total. The molecule has 0 aromatic carbocycles. The number of hydrogen-bond acceptors (Lipinski definition) is 3. The minimum Gasteiger partial charge on any atom is -0.481 e. The van der Waals surface area contributed by atoms with Crippen molar-refractivity contribution in [3.63, 3.8) is 0 Å². The van der Waals surface area contributed by atoms with Crippen LogP contribution in [0.15, 0.2) is 5.03 Å². The summed E-state index contributed by atoms with van der Waals surface area (Å²) in [6.45, 7) is 0. The molecule has 1 aliphatic rings. The first-order chi connectivity index (χ1) is 6.72. The molecule has 0 amide bonds. The molecule has 14 heavy (non-hydrogen) atoms. The van der Waals surface area contributed by atoms with Gasteiger partial charge in [-0.05, 0) is 25.5 Å². The zero-order chi connectivity index (χ0) is 10.1. The number of H-pyrrole nitrogens is 1. The predicted octanol–water partition coefficient (Wildman–Crippen LogP) is 1.32. The Balaban J connectivity index is 2.27. The fourth-order valence-electron chi connectivity index (χ4n) is 1.85. The summed E-state index contributed by atoms with van der Waals surface area (Å²) < 4.78 is 0. The van der Waals surface area contributed by atoms with Crippen molar-refractivity contribution in [1.29, 1.82) is 0 Å². The van der Waals surface area contributed by atoms with Gasteiger partial charge in [0.15, 0.2) is 0 Å². The molecule has 0 saturated heterocycles. The summed E-state index contributed by atoms with van der Waals surface area (Å²) in [4.78, 5) is 10.8. The standard InChI is InChI=1S/C9H12N2O2S/c1-14-8-6-4-5(9(12)13)2-3-7(6)10-11-8/h5H,2-4H2,1H3,(H,10,11)(H,12,13). The molecule has 4 nitrogen and oxygen atoms in total. The highest BCUT2D eigenvalue weighted by Crippen LogP contribution is 2.30. The molecular formula is C9H12N2O2S. The van der Waals surface area contributed by atoms with Crippen molar-refractivity contribution in [2.24, 2.45) is 5.92 Å². The van der Waals surface area contributed by atoms with Gasteiger partial charge in [-0.15, -0.1) is 11.8 Å². The number of carboxylic acid groups (broad SMARTS) is 1. The van der Waals surface area contributed by atoms with Gasteiger partial charge in [0.25, 0.3) is 0 Å². The van der Waals surface area contributed by atoms with Crippen LogP contribution in [0.3, 0.4) is 0 Å². The molecule has 0 spiro atoms. The Morgan fingerprint density at radius 1 is 1.71 bits per heavy atom. The molecule has 0 saturated carbocycles. The van der Waals surface area contributed by atoms with Gasteiger partial charge in [0, 0.05) is 11.3 Å². The van der Waals surface area contributed by atoms with Gasteiger partial charge in [-0.3, -0.25) is 9.89 Å². The second-order valence-corrected chi connectivity index (χ2v) is 4.26. The summed E-state index contributed by atoms with van der Waals surface area (Å²) in [5.74, 6) is -0.921. The SMILES string of the molecule is CSc1n[nH]c2c1CC(C(=O)O)CC2. The molecule has 1 aromatic heterocycles. The van der Waals surface area contributed by atoms with Crippen LogP contribution < -0.4 is 0 Å². The molecule has 1 atom stereocenters. The second-order valence-electron chi connectivity index (χ2n) is 3.47. The number of aliphatic carboxylic acids is 1. The van der Waals surface area contributed by atoms with E-state index in [4.69, 9.17) is 5.11 Å². The van der Waals surface area contributed by atoms with Crippen LogP contribution in [0.5, 0.6) is 0 Å². The lowest BCUT2D eigenvalue weighted by Gasteiger charge is -2.18. The maximum absolute atomic E-state index is 10.8. The Morgan fingerprint density at radius 2 is 2.50 bits per heavy atom. The van der Waals surface area contributed by atoms with Gasteiger partial charge < -0.3 is 5.11 Å². The Morgan fingerprint density at radius 3 is 3.14 bits per heavy atom. The topological polar surface area (TPSA) is 66.0 Å². The number of fused-ring (bicyclic) bond motifs is 1. The van der Waals surface area contributed by atoms with Gasteiger partial charge in [-0.2, -0.15) is 5.10 Å². The van der Waals surface area contributed by atoms with Crippen LogP contribution in [0.1, 0.15) is 17.7 Å². The van der Waals surface area contributed by atoms with Crippen LogP contribution in [0.2, 0.25) is 0 Å². The molecule has 1 unspecified atom stereocenters. The highest BCUT2D eigenvalue weighted by atomic mass is 32.2. The van der Waals surface area contributed by atoms with E-state index in [1.165, 1.54) is 0 Å². The maximum Gasteiger partial charge on any atom is 0.306 e. The summed E-state index contributed by atoms with van der Waals surface area (Å²) in [5, 5.41) is 17.0. The van der Waals surface area contributed by atoms with Crippen LogP contribution in [0.25, 0.3) is 0 Å². The number of aryl methyl sites for hydroxylation is 1. The summed E-state index contributed by atoms with van der Waals surface area (Å²) >= 11 is 1.57. The number of hydrogen-bond donors (Lipinski definition) is 2.